The van der Waals surface area contributed by atoms with E-state index < -0.39 is 11.2 Å². The predicted molar refractivity (Wildman–Crippen MR) is 103 cm³/mol. The summed E-state index contributed by atoms with van der Waals surface area (Å²) in [6.45, 7) is 5.03. The van der Waals surface area contributed by atoms with Crippen LogP contribution in [0.1, 0.15) is 47.2 Å². The summed E-state index contributed by atoms with van der Waals surface area (Å²) in [4.78, 5) is 37.7. The van der Waals surface area contributed by atoms with E-state index in [-0.39, 0.29) is 11.8 Å². The van der Waals surface area contributed by atoms with Crippen molar-refractivity contribution in [3.05, 3.63) is 52.7 Å². The normalized spacial score (nSPS) is 21.8. The average molecular weight is 382 g/mol. The minimum Gasteiger partial charge on any atom is -0.338 e. The third-order valence-electron chi connectivity index (χ3n) is 5.81. The van der Waals surface area contributed by atoms with Crippen molar-refractivity contribution < 1.29 is 14.0 Å². The van der Waals surface area contributed by atoms with Gasteiger partial charge in [-0.2, -0.15) is 0 Å². The number of likely N-dealkylation sites (N-methyl/N-ethyl adjacent to an activating group) is 1. The van der Waals surface area contributed by atoms with E-state index in [2.05, 4.69) is 6.92 Å². The quantitative estimate of drug-likeness (QED) is 0.801. The van der Waals surface area contributed by atoms with Crippen LogP contribution in [0.3, 0.4) is 0 Å². The van der Waals surface area contributed by atoms with Gasteiger partial charge in [-0.05, 0) is 38.0 Å². The number of nitrogens with zero attached hydrogens (tertiary/aromatic N) is 4. The van der Waals surface area contributed by atoms with Crippen LogP contribution in [0.15, 0.2) is 24.3 Å². The van der Waals surface area contributed by atoms with Crippen molar-refractivity contribution in [2.24, 2.45) is 0 Å². The minimum absolute atomic E-state index is 0.0151. The van der Waals surface area contributed by atoms with Gasteiger partial charge in [0.15, 0.2) is 0 Å². The van der Waals surface area contributed by atoms with Crippen LogP contribution in [-0.4, -0.2) is 46.8 Å². The number of rotatable bonds is 2. The Hall–Kier alpha value is -2.83. The van der Waals surface area contributed by atoms with Gasteiger partial charge in [0.1, 0.15) is 17.5 Å². The molecule has 4 rings (SSSR count). The van der Waals surface area contributed by atoms with Crippen LogP contribution < -0.4 is 4.90 Å². The molecule has 0 radical (unpaired) electrons. The number of carbonyl (C=O) groups is 2. The lowest BCUT2D eigenvalue weighted by Gasteiger charge is -2.39. The molecule has 1 aromatic heterocycles. The van der Waals surface area contributed by atoms with Crippen molar-refractivity contribution in [3.63, 3.8) is 0 Å². The molecule has 3 heterocycles. The fourth-order valence-electron chi connectivity index (χ4n) is 4.12. The maximum absolute atomic E-state index is 13.5. The molecule has 0 unspecified atom stereocenters. The van der Waals surface area contributed by atoms with Crippen LogP contribution in [0, 0.1) is 12.7 Å². The first-order valence-electron chi connectivity index (χ1n) is 9.48. The van der Waals surface area contributed by atoms with Gasteiger partial charge in [-0.25, -0.2) is 14.4 Å². The van der Waals surface area contributed by atoms with Crippen molar-refractivity contribution in [2.45, 2.75) is 38.5 Å². The summed E-state index contributed by atoms with van der Waals surface area (Å²) in [5, 5.41) is 0. The fourth-order valence-corrected chi connectivity index (χ4v) is 4.12. The number of hydrogen-bond donors (Lipinski definition) is 0. The minimum atomic E-state index is -0.423. The van der Waals surface area contributed by atoms with Crippen LogP contribution >= 0.6 is 0 Å². The summed E-state index contributed by atoms with van der Waals surface area (Å²) in [6, 6.07) is 5.78. The van der Waals surface area contributed by atoms with E-state index in [9.17, 15) is 14.0 Å². The Morgan fingerprint density at radius 1 is 1.29 bits per heavy atom. The molecule has 1 saturated heterocycles. The summed E-state index contributed by atoms with van der Waals surface area (Å²) >= 11 is 0. The van der Waals surface area contributed by atoms with Crippen molar-refractivity contribution in [2.75, 3.05) is 25.0 Å². The van der Waals surface area contributed by atoms with E-state index in [1.54, 1.807) is 29.0 Å². The summed E-state index contributed by atoms with van der Waals surface area (Å²) in [6.07, 6.45) is 1.99. The molecule has 6 nitrogen and oxygen atoms in total. The van der Waals surface area contributed by atoms with Gasteiger partial charge in [0, 0.05) is 42.4 Å². The van der Waals surface area contributed by atoms with Gasteiger partial charge in [0.2, 0.25) is 5.91 Å². The smallest absolute Gasteiger partial charge is 0.253 e. The molecule has 0 saturated carbocycles. The number of piperidine rings is 1. The number of amides is 2. The second kappa shape index (κ2) is 6.65. The van der Waals surface area contributed by atoms with E-state index in [1.165, 1.54) is 12.1 Å². The van der Waals surface area contributed by atoms with Crippen molar-refractivity contribution >= 4 is 17.6 Å². The highest BCUT2D eigenvalue weighted by molar-refractivity contribution is 6.00. The Kier molecular flexibility index (Phi) is 4.40. The van der Waals surface area contributed by atoms with Crippen molar-refractivity contribution in [1.29, 1.82) is 0 Å². The number of benzene rings is 1. The number of anilines is 1. The molecule has 0 bridgehead atoms. The second-order valence-corrected chi connectivity index (χ2v) is 7.97. The standard InChI is InChI=1S/C21H23FN4O2/c1-13-16-11-17(27)25(3)18(16)24-20(23-13)21(2)8-5-9-26(12-21)19(28)14-6-4-7-15(22)10-14/h4,6-7,10H,5,8-9,11-12H2,1-3H3/t21-/m1/s1. The van der Waals surface area contributed by atoms with Gasteiger partial charge >= 0.3 is 0 Å². The number of hydrogen-bond acceptors (Lipinski definition) is 4. The van der Waals surface area contributed by atoms with E-state index in [1.807, 2.05) is 6.92 Å². The van der Waals surface area contributed by atoms with E-state index in [0.29, 0.717) is 36.7 Å². The molecule has 2 amide bonds. The molecule has 0 spiro atoms. The highest BCUT2D eigenvalue weighted by Crippen LogP contribution is 2.36. The van der Waals surface area contributed by atoms with Gasteiger partial charge in [-0.3, -0.25) is 14.5 Å². The lowest BCUT2D eigenvalue weighted by Crippen LogP contribution is -2.48. The van der Waals surface area contributed by atoms with Crippen molar-refractivity contribution in [1.82, 2.24) is 14.9 Å². The summed E-state index contributed by atoms with van der Waals surface area (Å²) < 4.78 is 13.5. The molecular weight excluding hydrogens is 359 g/mol. The first-order chi connectivity index (χ1) is 13.3. The molecular formula is C21H23FN4O2. The maximum atomic E-state index is 13.5. The first-order valence-corrected chi connectivity index (χ1v) is 9.48. The van der Waals surface area contributed by atoms with Crippen LogP contribution in [-0.2, 0) is 16.6 Å². The summed E-state index contributed by atoms with van der Waals surface area (Å²) in [5.74, 6) is 0.733. The molecule has 2 aromatic rings. The first kappa shape index (κ1) is 18.5. The van der Waals surface area contributed by atoms with Crippen LogP contribution in [0.5, 0.6) is 0 Å². The Labute approximate surface area is 163 Å². The number of aromatic nitrogens is 2. The Bertz CT molecular complexity index is 977. The lowest BCUT2D eigenvalue weighted by atomic mass is 9.80. The van der Waals surface area contributed by atoms with E-state index in [0.717, 1.165) is 24.1 Å². The number of halogens is 1. The summed E-state index contributed by atoms with van der Waals surface area (Å²) in [7, 11) is 1.73. The number of fused-ring (bicyclic) bond motifs is 1. The number of aryl methyl sites for hydroxylation is 1. The summed E-state index contributed by atoms with van der Waals surface area (Å²) in [5.41, 5.74) is 1.62. The lowest BCUT2D eigenvalue weighted by molar-refractivity contribution is -0.117. The van der Waals surface area contributed by atoms with E-state index in [4.69, 9.17) is 9.97 Å². The van der Waals surface area contributed by atoms with Gasteiger partial charge in [-0.1, -0.05) is 13.0 Å². The van der Waals surface area contributed by atoms with Gasteiger partial charge < -0.3 is 4.90 Å². The number of likely N-dealkylation sites (tertiary alicyclic amines) is 1. The molecule has 1 fully saturated rings. The van der Waals surface area contributed by atoms with Gasteiger partial charge in [0.25, 0.3) is 5.91 Å². The highest BCUT2D eigenvalue weighted by atomic mass is 19.1. The monoisotopic (exact) mass is 382 g/mol. The molecule has 2 aliphatic rings. The SMILES string of the molecule is Cc1nc([C@]2(C)CCCN(C(=O)c3cccc(F)c3)C2)nc2c1CC(=O)N2C. The molecule has 1 aromatic carbocycles. The molecule has 7 heteroatoms. The van der Waals surface area contributed by atoms with Crippen LogP contribution in [0.25, 0.3) is 0 Å². The average Bonchev–Trinajstić information content (AvgIpc) is 2.96. The maximum Gasteiger partial charge on any atom is 0.253 e. The Morgan fingerprint density at radius 2 is 2.07 bits per heavy atom. The van der Waals surface area contributed by atoms with Crippen LogP contribution in [0.2, 0.25) is 0 Å². The molecule has 0 N–H and O–H groups in total. The zero-order valence-corrected chi connectivity index (χ0v) is 16.3. The predicted octanol–water partition coefficient (Wildman–Crippen LogP) is 2.64. The van der Waals surface area contributed by atoms with Crippen molar-refractivity contribution in [3.8, 4) is 0 Å². The highest BCUT2D eigenvalue weighted by Gasteiger charge is 2.39. The zero-order chi connectivity index (χ0) is 20.1. The number of carbonyl (C=O) groups excluding carboxylic acids is 2. The third-order valence-corrected chi connectivity index (χ3v) is 5.81. The van der Waals surface area contributed by atoms with Gasteiger partial charge in [0.05, 0.1) is 6.42 Å². The molecule has 0 aliphatic carbocycles. The largest absolute Gasteiger partial charge is 0.338 e. The molecule has 146 valence electrons. The van der Waals surface area contributed by atoms with E-state index >= 15 is 0 Å². The molecule has 2 aliphatic heterocycles. The molecule has 1 atom stereocenters. The third kappa shape index (κ3) is 3.04. The second-order valence-electron chi connectivity index (χ2n) is 7.97. The topological polar surface area (TPSA) is 66.4 Å². The van der Waals surface area contributed by atoms with Crippen LogP contribution in [0.4, 0.5) is 10.2 Å². The Morgan fingerprint density at radius 3 is 2.82 bits per heavy atom. The molecule has 28 heavy (non-hydrogen) atoms. The zero-order valence-electron chi connectivity index (χ0n) is 16.3. The van der Waals surface area contributed by atoms with Gasteiger partial charge in [-0.15, -0.1) is 0 Å². The fraction of sp³-hybridized carbons (Fsp3) is 0.429. The Balaban J connectivity index is 1.64.